The maximum absolute atomic E-state index is 13.8. The van der Waals surface area contributed by atoms with Crippen LogP contribution in [-0.2, 0) is 22.3 Å². The van der Waals surface area contributed by atoms with E-state index in [2.05, 4.69) is 51.1 Å². The Morgan fingerprint density at radius 2 is 1.78 bits per heavy atom. The molecule has 3 rings (SSSR count). The van der Waals surface area contributed by atoms with E-state index in [-0.39, 0.29) is 23.5 Å². The summed E-state index contributed by atoms with van der Waals surface area (Å²) in [4.78, 5) is 34.1. The predicted octanol–water partition coefficient (Wildman–Crippen LogP) is 7.15. The number of carbonyl (C=O) groups is 2. The van der Waals surface area contributed by atoms with Crippen molar-refractivity contribution < 1.29 is 23.5 Å². The molecule has 10 nitrogen and oxygen atoms in total. The summed E-state index contributed by atoms with van der Waals surface area (Å²) in [6, 6.07) is 7.19. The fourth-order valence-corrected chi connectivity index (χ4v) is 5.67. The number of nitrogens with zero attached hydrogens (tertiary/aromatic N) is 4. The SMILES string of the molecule is CCCCCOc1cc(NC(=O)N(CCCO[Si](C)(C)C(C)(C)C)Cc2cncc3c2ccn3CC(=O)N(C)C)ccc1OC. The van der Waals surface area contributed by atoms with Crippen molar-refractivity contribution in [1.82, 2.24) is 19.4 Å². The van der Waals surface area contributed by atoms with Crippen molar-refractivity contribution in [3.63, 3.8) is 0 Å². The molecule has 2 aromatic heterocycles. The van der Waals surface area contributed by atoms with Crippen molar-refractivity contribution in [1.29, 1.82) is 0 Å². The number of unbranched alkanes of at least 4 members (excludes halogenated alkanes) is 2. The molecule has 1 N–H and O–H groups in total. The first-order valence-electron chi connectivity index (χ1n) is 15.9. The zero-order valence-electron chi connectivity index (χ0n) is 28.7. The lowest BCUT2D eigenvalue weighted by molar-refractivity contribution is -0.129. The topological polar surface area (TPSA) is 98.2 Å². The molecule has 0 aliphatic rings. The third-order valence-corrected chi connectivity index (χ3v) is 13.0. The van der Waals surface area contributed by atoms with E-state index >= 15 is 0 Å². The number of carbonyl (C=O) groups excluding carboxylic acids is 2. The Morgan fingerprint density at radius 1 is 1.02 bits per heavy atom. The Kier molecular flexibility index (Phi) is 12.9. The molecule has 1 aromatic carbocycles. The molecule has 2 heterocycles. The zero-order valence-corrected chi connectivity index (χ0v) is 29.7. The van der Waals surface area contributed by atoms with Gasteiger partial charge < -0.3 is 33.6 Å². The zero-order chi connectivity index (χ0) is 33.2. The smallest absolute Gasteiger partial charge is 0.322 e. The predicted molar refractivity (Wildman–Crippen MR) is 184 cm³/mol. The fourth-order valence-electron chi connectivity index (χ4n) is 4.58. The van der Waals surface area contributed by atoms with Gasteiger partial charge in [-0.2, -0.15) is 0 Å². The van der Waals surface area contributed by atoms with Gasteiger partial charge in [-0.05, 0) is 54.7 Å². The second-order valence-electron chi connectivity index (χ2n) is 13.2. The van der Waals surface area contributed by atoms with Crippen molar-refractivity contribution in [3.8, 4) is 11.5 Å². The number of rotatable bonds is 16. The van der Waals surface area contributed by atoms with Crippen LogP contribution in [0.1, 0.15) is 58.9 Å². The third kappa shape index (κ3) is 9.96. The van der Waals surface area contributed by atoms with E-state index in [1.165, 1.54) is 0 Å². The minimum Gasteiger partial charge on any atom is -0.493 e. The van der Waals surface area contributed by atoms with Crippen LogP contribution < -0.4 is 14.8 Å². The van der Waals surface area contributed by atoms with E-state index in [0.717, 1.165) is 35.7 Å². The Bertz CT molecular complexity index is 1420. The number of pyridine rings is 1. The van der Waals surface area contributed by atoms with Gasteiger partial charge in [0.1, 0.15) is 6.54 Å². The number of ether oxygens (including phenoxy) is 2. The Labute approximate surface area is 270 Å². The van der Waals surface area contributed by atoms with Gasteiger partial charge in [0.2, 0.25) is 5.91 Å². The Morgan fingerprint density at radius 3 is 2.44 bits per heavy atom. The van der Waals surface area contributed by atoms with Gasteiger partial charge in [0.15, 0.2) is 19.8 Å². The molecule has 3 aromatic rings. The van der Waals surface area contributed by atoms with Gasteiger partial charge in [-0.3, -0.25) is 9.78 Å². The average molecular weight is 640 g/mol. The highest BCUT2D eigenvalue weighted by Crippen LogP contribution is 2.36. The molecule has 3 amide bonds. The molecule has 0 fully saturated rings. The summed E-state index contributed by atoms with van der Waals surface area (Å²) in [6.45, 7) is 15.5. The monoisotopic (exact) mass is 639 g/mol. The van der Waals surface area contributed by atoms with Crippen LogP contribution in [0.2, 0.25) is 18.1 Å². The lowest BCUT2D eigenvalue weighted by atomic mass is 10.1. The number of hydrogen-bond donors (Lipinski definition) is 1. The van der Waals surface area contributed by atoms with E-state index < -0.39 is 8.32 Å². The van der Waals surface area contributed by atoms with Crippen molar-refractivity contribution in [2.24, 2.45) is 0 Å². The molecule has 0 radical (unpaired) electrons. The van der Waals surface area contributed by atoms with E-state index in [1.54, 1.807) is 43.4 Å². The van der Waals surface area contributed by atoms with Crippen molar-refractivity contribution in [2.75, 3.05) is 46.3 Å². The molecule has 0 unspecified atom stereocenters. The number of likely N-dealkylation sites (N-methyl/N-ethyl adjacent to an activating group) is 1. The summed E-state index contributed by atoms with van der Waals surface area (Å²) in [5.74, 6) is 1.22. The Balaban J connectivity index is 1.83. The van der Waals surface area contributed by atoms with Crippen LogP contribution in [0, 0.1) is 0 Å². The summed E-state index contributed by atoms with van der Waals surface area (Å²) in [6.07, 6.45) is 9.29. The number of urea groups is 1. The highest BCUT2D eigenvalue weighted by atomic mass is 28.4. The van der Waals surface area contributed by atoms with Gasteiger partial charge in [0.05, 0.1) is 25.4 Å². The van der Waals surface area contributed by atoms with Crippen LogP contribution in [0.5, 0.6) is 11.5 Å². The highest BCUT2D eigenvalue weighted by Gasteiger charge is 2.36. The lowest BCUT2D eigenvalue weighted by Crippen LogP contribution is -2.41. The minimum atomic E-state index is -1.92. The third-order valence-electron chi connectivity index (χ3n) is 8.49. The van der Waals surface area contributed by atoms with Crippen molar-refractivity contribution >= 4 is 36.8 Å². The van der Waals surface area contributed by atoms with Gasteiger partial charge in [0, 0.05) is 63.3 Å². The molecule has 0 aliphatic heterocycles. The van der Waals surface area contributed by atoms with E-state index in [4.69, 9.17) is 13.9 Å². The summed E-state index contributed by atoms with van der Waals surface area (Å²) < 4.78 is 19.8. The molecule has 0 atom stereocenters. The molecule has 0 bridgehead atoms. The fraction of sp³-hybridized carbons (Fsp3) is 0.559. The molecular weight excluding hydrogens is 586 g/mol. The van der Waals surface area contributed by atoms with Gasteiger partial charge >= 0.3 is 6.03 Å². The second kappa shape index (κ2) is 16.1. The van der Waals surface area contributed by atoms with Gasteiger partial charge in [-0.25, -0.2) is 4.79 Å². The van der Waals surface area contributed by atoms with Crippen molar-refractivity contribution in [3.05, 3.63) is 48.4 Å². The molecule has 0 saturated carbocycles. The number of benzene rings is 1. The second-order valence-corrected chi connectivity index (χ2v) is 18.0. The van der Waals surface area contributed by atoms with Crippen LogP contribution in [0.4, 0.5) is 10.5 Å². The summed E-state index contributed by atoms with van der Waals surface area (Å²) in [5, 5.41) is 4.14. The normalized spacial score (nSPS) is 11.8. The summed E-state index contributed by atoms with van der Waals surface area (Å²) in [7, 11) is 3.18. The highest BCUT2D eigenvalue weighted by molar-refractivity contribution is 6.74. The average Bonchev–Trinajstić information content (AvgIpc) is 3.39. The summed E-state index contributed by atoms with van der Waals surface area (Å²) >= 11 is 0. The standard InChI is InChI=1S/C34H53N5O5Si/c1-10-11-12-19-43-31-21-27(14-15-30(31)42-7)36-33(41)39(17-13-20-44-45(8,9)34(2,3)4)24-26-22-35-23-29-28(26)16-18-38(29)25-32(40)37(5)6/h14-16,18,21-23H,10-13,17,19-20,24-25H2,1-9H3,(H,36,41). The van der Waals surface area contributed by atoms with E-state index in [9.17, 15) is 9.59 Å². The molecule has 0 aliphatic carbocycles. The number of nitrogens with one attached hydrogen (secondary N) is 1. The van der Waals surface area contributed by atoms with Crippen molar-refractivity contribution in [2.45, 2.75) is 84.6 Å². The lowest BCUT2D eigenvalue weighted by Gasteiger charge is -2.36. The quantitative estimate of drug-likeness (QED) is 0.132. The van der Waals surface area contributed by atoms with Crippen LogP contribution in [0.3, 0.4) is 0 Å². The number of aromatic nitrogens is 2. The molecule has 11 heteroatoms. The molecule has 45 heavy (non-hydrogen) atoms. The first kappa shape index (κ1) is 35.9. The number of amides is 3. The Hall–Kier alpha value is -3.57. The largest absolute Gasteiger partial charge is 0.493 e. The van der Waals surface area contributed by atoms with E-state index in [1.807, 2.05) is 35.0 Å². The van der Waals surface area contributed by atoms with Crippen LogP contribution in [-0.4, -0.2) is 80.6 Å². The number of methoxy groups -OCH3 is 1. The van der Waals surface area contributed by atoms with Gasteiger partial charge in [-0.15, -0.1) is 0 Å². The van der Waals surface area contributed by atoms with Crippen LogP contribution in [0.25, 0.3) is 10.9 Å². The van der Waals surface area contributed by atoms with Gasteiger partial charge in [0.25, 0.3) is 0 Å². The first-order valence-corrected chi connectivity index (χ1v) is 18.8. The molecular formula is C34H53N5O5Si. The summed E-state index contributed by atoms with van der Waals surface area (Å²) in [5.41, 5.74) is 2.38. The van der Waals surface area contributed by atoms with Crippen LogP contribution in [0.15, 0.2) is 42.9 Å². The maximum Gasteiger partial charge on any atom is 0.322 e. The molecule has 0 spiro atoms. The maximum atomic E-state index is 13.8. The number of fused-ring (bicyclic) bond motifs is 1. The minimum absolute atomic E-state index is 0.00570. The number of anilines is 1. The van der Waals surface area contributed by atoms with Gasteiger partial charge in [-0.1, -0.05) is 40.5 Å². The van der Waals surface area contributed by atoms with Crippen LogP contribution >= 0.6 is 0 Å². The van der Waals surface area contributed by atoms with E-state index in [0.29, 0.717) is 49.9 Å². The molecule has 0 saturated heterocycles. The number of hydrogen-bond acceptors (Lipinski definition) is 6. The molecule has 248 valence electrons. The first-order chi connectivity index (χ1) is 21.3.